The number of aryl methyl sites for hydroxylation is 2. The molecule has 10 heterocycles. The smallest absolute Gasteiger partial charge is 0.410 e. The van der Waals surface area contributed by atoms with Gasteiger partial charge in [0.2, 0.25) is 41.2 Å². The summed E-state index contributed by atoms with van der Waals surface area (Å²) in [7, 11) is 0. The summed E-state index contributed by atoms with van der Waals surface area (Å²) >= 11 is 11.8. The molecule has 38 heteroatoms. The number of alkyl halides is 10. The van der Waals surface area contributed by atoms with Crippen molar-refractivity contribution in [2.75, 3.05) is 93.2 Å². The number of benzene rings is 4. The zero-order chi connectivity index (χ0) is 93.7. The van der Waals surface area contributed by atoms with E-state index >= 15 is 0 Å². The molecule has 20 rings (SSSR count). The van der Waals surface area contributed by atoms with E-state index in [1.807, 2.05) is 95.3 Å². The summed E-state index contributed by atoms with van der Waals surface area (Å²) in [5.74, 6) is -12.6. The number of carboxylic acid groups (broad SMARTS) is 1. The molecule has 130 heavy (non-hydrogen) atoms. The van der Waals surface area contributed by atoms with Gasteiger partial charge in [0.25, 0.3) is 5.91 Å². The highest BCUT2D eigenvalue weighted by atomic mass is 35.5. The van der Waals surface area contributed by atoms with Gasteiger partial charge in [-0.2, -0.15) is 0 Å². The molecule has 0 radical (unpaired) electrons. The number of halogens is 14. The quantitative estimate of drug-likeness (QED) is 0.0733. The van der Waals surface area contributed by atoms with Gasteiger partial charge in [-0.3, -0.25) is 18.4 Å². The summed E-state index contributed by atoms with van der Waals surface area (Å²) in [6.07, 6.45) is 8.15. The first-order valence-electron chi connectivity index (χ1n) is 42.7. The Morgan fingerprint density at radius 2 is 0.823 bits per heavy atom. The predicted molar refractivity (Wildman–Crippen MR) is 471 cm³/mol. The molecule has 6 saturated carbocycles. The van der Waals surface area contributed by atoms with E-state index in [0.717, 1.165) is 67.5 Å². The van der Waals surface area contributed by atoms with E-state index in [-0.39, 0.29) is 133 Å². The van der Waals surface area contributed by atoms with Crippen molar-refractivity contribution in [1.82, 2.24) is 49.2 Å². The second kappa shape index (κ2) is 37.4. The van der Waals surface area contributed by atoms with E-state index in [1.54, 1.807) is 48.4 Å². The molecule has 8 aromatic rings. The Kier molecular flexibility index (Phi) is 28.4. The number of nitrogens with two attached hydrogens (primary N) is 1. The number of aromatic nitrogens is 6. The zero-order valence-electron chi connectivity index (χ0n) is 73.4. The Balaban J connectivity index is 0.000000138. The van der Waals surface area contributed by atoms with Gasteiger partial charge in [-0.25, -0.2) is 92.3 Å². The fourth-order valence-corrected chi connectivity index (χ4v) is 19.5. The lowest BCUT2D eigenvalue weighted by Gasteiger charge is -2.59. The molecular formula is C92H106Cl3F11N16O8. The number of anilines is 3. The topological polar surface area (TPSA) is 259 Å². The number of rotatable bonds is 10. The molecule has 5 N–H and O–H groups in total. The number of carbonyl (C=O) groups is 5. The summed E-state index contributed by atoms with van der Waals surface area (Å²) in [6, 6.07) is 28.6. The number of Topliss-reactive ketones (excluding diaryl/α,β-unsaturated/α-hetero) is 1. The van der Waals surface area contributed by atoms with Gasteiger partial charge in [-0.15, -0.1) is 12.4 Å². The molecule has 6 aliphatic carbocycles. The van der Waals surface area contributed by atoms with E-state index in [2.05, 4.69) is 55.0 Å². The van der Waals surface area contributed by atoms with Crippen molar-refractivity contribution in [2.45, 2.75) is 199 Å². The highest BCUT2D eigenvalue weighted by Crippen LogP contribution is 2.61. The normalized spacial score (nSPS) is 20.9. The molecule has 3 amide bonds. The fraction of sp³-hybridized carbons (Fsp3) is 0.533. The van der Waals surface area contributed by atoms with E-state index in [9.17, 15) is 72.3 Å². The van der Waals surface area contributed by atoms with Crippen molar-refractivity contribution in [3.8, 4) is 0 Å². The molecule has 12 aliphatic rings. The molecule has 4 aromatic heterocycles. The van der Waals surface area contributed by atoms with E-state index in [0.29, 0.717) is 134 Å². The van der Waals surface area contributed by atoms with Crippen LogP contribution in [0.3, 0.4) is 0 Å². The molecule has 6 spiro atoms. The average Bonchev–Trinajstić information content (AvgIpc) is 0.949. The first-order valence-corrected chi connectivity index (χ1v) is 43.4. The van der Waals surface area contributed by atoms with Crippen molar-refractivity contribution in [3.05, 3.63) is 194 Å². The van der Waals surface area contributed by atoms with E-state index in [4.69, 9.17) is 56.7 Å². The van der Waals surface area contributed by atoms with Crippen LogP contribution < -0.4 is 31.1 Å². The lowest BCUT2D eigenvalue weighted by atomic mass is 9.61. The number of carboxylic acids is 1. The number of carbonyl (C=O) groups excluding carboxylic acids is 4. The van der Waals surface area contributed by atoms with Crippen LogP contribution in [-0.2, 0) is 40.2 Å². The van der Waals surface area contributed by atoms with Crippen molar-refractivity contribution >= 4 is 105 Å². The van der Waals surface area contributed by atoms with Gasteiger partial charge in [0.15, 0.2) is 17.1 Å². The number of amides is 3. The molecule has 0 atom stereocenters. The van der Waals surface area contributed by atoms with Gasteiger partial charge in [0, 0.05) is 231 Å². The number of hydrogen-bond donors (Lipinski definition) is 4. The Morgan fingerprint density at radius 1 is 0.500 bits per heavy atom. The summed E-state index contributed by atoms with van der Waals surface area (Å²) in [4.78, 5) is 90.5. The standard InChI is InChI=1S/C22H22ClF2N5O.C13H12F2N2.C13H16F2N2.C11H17F2NO2.C11H17NO3.C9H8ClN3O2.C7H4FN.C6H9F2N.ClH/c1-2-17-18(30-9-15(23)8-27-20(30)28-17)19(31)26-7-14-3-5-16(6-4-14)29-12-21(13-29)10-22(24,25)11-21;1-16-10-2-4-11(5-3-10)17-8-12(9-17)6-13(14,15)7-12;14-13(15)6-12(7-13)8-17(9-12)11-3-1-10(5-16)2-4-11;1-9(2,3)16-8(15)14-6-10(7-14)4-11(12,13)5-10;1-10(2,3)15-9(14)12-6-11(7-12)4-8(13)5-11;1-2-6-7(8(14)15)13-4-5(10)3-11-9(13)12-6;1-9-7-4-2-6(8)3-5-7;7-6(8)1-5(2-6)3-9-4-5;/h3-6,8-9H,2,7,10-13H2,1H3,(H,26,31);2-5H,6-9H2;1-4H,5-9,16H2;4-7H2,1-3H3;4-7H2,1-3H3;3-4H,2H2,1H3,(H,14,15);2-5H;9H,1-4H2;1H. The van der Waals surface area contributed by atoms with Crippen molar-refractivity contribution in [3.63, 3.8) is 0 Å². The van der Waals surface area contributed by atoms with Gasteiger partial charge in [0.1, 0.15) is 28.5 Å². The third kappa shape index (κ3) is 23.6. The predicted octanol–water partition coefficient (Wildman–Crippen LogP) is 19.6. The number of nitrogens with one attached hydrogen (secondary N) is 2. The van der Waals surface area contributed by atoms with Crippen molar-refractivity contribution in [2.24, 2.45) is 38.2 Å². The molecule has 0 bridgehead atoms. The molecule has 6 saturated heterocycles. The Labute approximate surface area is 762 Å². The minimum Gasteiger partial charge on any atom is -0.477 e. The second-order valence-corrected chi connectivity index (χ2v) is 39.8. The zero-order valence-corrected chi connectivity index (χ0v) is 75.7. The Bertz CT molecular complexity index is 5480. The van der Waals surface area contributed by atoms with Gasteiger partial charge in [-0.05, 0) is 114 Å². The molecular weight excluding hydrogens is 1770 g/mol. The minimum absolute atomic E-state index is 0. The lowest BCUT2D eigenvalue weighted by molar-refractivity contribution is -0.208. The van der Waals surface area contributed by atoms with Crippen LogP contribution in [0.2, 0.25) is 10.0 Å². The summed E-state index contributed by atoms with van der Waals surface area (Å²) < 4.78 is 153. The van der Waals surface area contributed by atoms with Crippen LogP contribution in [0.15, 0.2) is 122 Å². The SMILES string of the molecule is CC(C)(C)OC(=O)N1CC2(C1)CC(F)(F)C2.CC(C)(C)OC(=O)N1CC2(CC(=O)C2)C1.CCc1nc2ncc(Cl)cn2c1C(=O)NCc1ccc(N2CC3(C2)CC(F)(F)C3)cc1.CCc1nc2ncc(Cl)cn2c1C(=O)O.Cl.FC1(F)CC2(CNC2)C1.NCc1ccc(N2CC3(C2)CC(F)(F)C3)cc1.[C-]#[N+]c1ccc(F)cc1.[C-]#[N+]c1ccc(N2CC3(C2)CC(F)(F)C3)cc1. The minimum atomic E-state index is -2.51. The van der Waals surface area contributed by atoms with Crippen LogP contribution in [-0.4, -0.2) is 193 Å². The third-order valence-electron chi connectivity index (χ3n) is 24.8. The maximum Gasteiger partial charge on any atom is 0.410 e. The Morgan fingerprint density at radius 3 is 1.13 bits per heavy atom. The monoisotopic (exact) mass is 1880 g/mol. The molecule has 700 valence electrons. The first kappa shape index (κ1) is 98.7. The first-order chi connectivity index (χ1) is 60.3. The molecule has 6 aliphatic heterocycles. The third-order valence-corrected chi connectivity index (χ3v) is 25.2. The maximum absolute atomic E-state index is 13.2. The fourth-order valence-electron chi connectivity index (χ4n) is 19.2. The number of aromatic carboxylic acids is 1. The van der Waals surface area contributed by atoms with Gasteiger partial charge < -0.3 is 55.4 Å². The van der Waals surface area contributed by atoms with Gasteiger partial charge in [0.05, 0.1) is 47.0 Å². The molecule has 12 fully saturated rings. The number of likely N-dealkylation sites (tertiary alicyclic amines) is 2. The van der Waals surface area contributed by atoms with Crippen LogP contribution in [0.4, 0.5) is 86.3 Å². The van der Waals surface area contributed by atoms with Gasteiger partial charge >= 0.3 is 18.2 Å². The van der Waals surface area contributed by atoms with E-state index in [1.165, 1.54) is 52.2 Å². The van der Waals surface area contributed by atoms with Crippen LogP contribution in [0.25, 0.3) is 21.2 Å². The van der Waals surface area contributed by atoms with Crippen molar-refractivity contribution in [1.29, 1.82) is 0 Å². The van der Waals surface area contributed by atoms with Crippen LogP contribution >= 0.6 is 35.6 Å². The summed E-state index contributed by atoms with van der Waals surface area (Å²) in [5.41, 5.74) is 12.0. The average molecular weight is 1880 g/mol. The maximum atomic E-state index is 13.2. The summed E-state index contributed by atoms with van der Waals surface area (Å²) in [6.45, 7) is 37.1. The summed E-state index contributed by atoms with van der Waals surface area (Å²) in [5, 5.41) is 15.8. The highest BCUT2D eigenvalue weighted by molar-refractivity contribution is 6.30. The van der Waals surface area contributed by atoms with Crippen LogP contribution in [0.5, 0.6) is 0 Å². The number of hydrogen-bond acceptors (Lipinski definition) is 16. The number of ether oxygens (including phenoxy) is 2. The van der Waals surface area contributed by atoms with Crippen molar-refractivity contribution < 1.29 is 86.8 Å². The van der Waals surface area contributed by atoms with Crippen LogP contribution in [0.1, 0.15) is 176 Å². The largest absolute Gasteiger partial charge is 0.477 e. The highest BCUT2D eigenvalue weighted by Gasteiger charge is 2.66. The number of ketones is 1. The van der Waals surface area contributed by atoms with Gasteiger partial charge in [-0.1, -0.05) is 85.6 Å². The number of fused-ring (bicyclic) bond motifs is 2. The van der Waals surface area contributed by atoms with E-state index < -0.39 is 52.9 Å². The lowest BCUT2D eigenvalue weighted by Crippen LogP contribution is -2.67. The number of nitrogens with zero attached hydrogens (tertiary/aromatic N) is 13. The second-order valence-electron chi connectivity index (χ2n) is 38.9. The molecule has 4 aromatic carbocycles. The Hall–Kier alpha value is -10.3. The molecule has 24 nitrogen and oxygen atoms in total. The van der Waals surface area contributed by atoms with Crippen LogP contribution in [0, 0.1) is 51.5 Å². The molecule has 0 unspecified atom stereocenters. The number of imidazole rings is 2.